The number of allylic oxidation sites excluding steroid dienone is 1. The largest absolute Gasteiger partial charge is 0.460 e. The fraction of sp³-hybridized carbons (Fsp3) is 0.727. The first-order chi connectivity index (χ1) is 12.0. The Morgan fingerprint density at radius 3 is 1.25 bits per heavy atom. The summed E-state index contributed by atoms with van der Waals surface area (Å²) >= 11 is 0. The Balaban J connectivity index is 6.55. The first kappa shape index (κ1) is 26.3. The third-order valence-electron chi connectivity index (χ3n) is 3.04. The number of ketones is 1. The summed E-state index contributed by atoms with van der Waals surface area (Å²) in [5, 5.41) is 0. The number of hydrogen-bond donors (Lipinski definition) is 1. The lowest BCUT2D eigenvalue weighted by molar-refractivity contribution is -0.449. The van der Waals surface area contributed by atoms with Crippen molar-refractivity contribution in [3.05, 3.63) is 12.2 Å². The third kappa shape index (κ3) is 3.41. The zero-order valence-corrected chi connectivity index (χ0v) is 12.5. The van der Waals surface area contributed by atoms with Gasteiger partial charge in [0.15, 0.2) is 0 Å². The molecule has 0 fully saturated rings. The number of hydrogen-bond acceptors (Lipinski definition) is 2. The van der Waals surface area contributed by atoms with Crippen LogP contribution in [0.4, 0.5) is 65.9 Å². The number of nitrogens with two attached hydrogens (primary N) is 1. The van der Waals surface area contributed by atoms with E-state index >= 15 is 0 Å². The van der Waals surface area contributed by atoms with Crippen molar-refractivity contribution in [2.75, 3.05) is 6.54 Å². The molecule has 0 aromatic carbocycles. The van der Waals surface area contributed by atoms with Crippen LogP contribution < -0.4 is 5.73 Å². The molecular weight excluding hydrogens is 447 g/mol. The first-order valence-corrected chi connectivity index (χ1v) is 6.23. The predicted molar refractivity (Wildman–Crippen MR) is 58.9 cm³/mol. The van der Waals surface area contributed by atoms with Gasteiger partial charge in [0.05, 0.1) is 0 Å². The zero-order valence-electron chi connectivity index (χ0n) is 12.5. The van der Waals surface area contributed by atoms with E-state index in [0.29, 0.717) is 0 Å². The molecule has 0 aliphatic carbocycles. The smallest absolute Gasteiger partial charge is 0.327 e. The molecular formula is C11H6F15NO. The fourth-order valence-corrected chi connectivity index (χ4v) is 1.40. The molecule has 0 atom stereocenters. The first-order valence-electron chi connectivity index (χ1n) is 6.23. The summed E-state index contributed by atoms with van der Waals surface area (Å²) in [6.07, 6.45) is -8.22. The van der Waals surface area contributed by atoms with E-state index in [1.165, 1.54) is 0 Å². The average molecular weight is 453 g/mol. The molecule has 0 unspecified atom stereocenters. The maximum absolute atomic E-state index is 13.2. The second-order valence-corrected chi connectivity index (χ2v) is 4.95. The van der Waals surface area contributed by atoms with Crippen molar-refractivity contribution in [3.8, 4) is 0 Å². The highest BCUT2D eigenvalue weighted by molar-refractivity contribution is 5.96. The Morgan fingerprint density at radius 2 is 0.929 bits per heavy atom. The van der Waals surface area contributed by atoms with Gasteiger partial charge in [-0.2, -0.15) is 65.9 Å². The van der Waals surface area contributed by atoms with E-state index in [2.05, 4.69) is 5.73 Å². The lowest BCUT2D eigenvalue weighted by Crippen LogP contribution is -2.73. The summed E-state index contributed by atoms with van der Waals surface area (Å²) in [7, 11) is 0. The molecule has 0 bridgehead atoms. The van der Waals surface area contributed by atoms with Crippen molar-refractivity contribution >= 4 is 5.78 Å². The quantitative estimate of drug-likeness (QED) is 0.436. The Labute approximate surface area is 144 Å². The van der Waals surface area contributed by atoms with E-state index in [-0.39, 0.29) is 6.08 Å². The Kier molecular flexibility index (Phi) is 6.56. The standard InChI is InChI=1S/C11H6F15NO/c12-5(13,4(28)2-1-3-27)6(14,15)7(16,17)8(18,19)9(20,21)10(22,23)11(24,25)26/h1-2H,3,27H2. The van der Waals surface area contributed by atoms with Crippen LogP contribution in [-0.2, 0) is 4.79 Å². The minimum absolute atomic E-state index is 0.106. The van der Waals surface area contributed by atoms with Crippen LogP contribution in [0.5, 0.6) is 0 Å². The molecule has 0 radical (unpaired) electrons. The Morgan fingerprint density at radius 1 is 0.607 bits per heavy atom. The number of rotatable bonds is 8. The van der Waals surface area contributed by atoms with Crippen molar-refractivity contribution in [2.45, 2.75) is 41.7 Å². The molecule has 2 nitrogen and oxygen atoms in total. The minimum Gasteiger partial charge on any atom is -0.327 e. The summed E-state index contributed by atoms with van der Waals surface area (Å²) in [6, 6.07) is 0. The van der Waals surface area contributed by atoms with Gasteiger partial charge in [0.2, 0.25) is 5.78 Å². The van der Waals surface area contributed by atoms with Gasteiger partial charge in [-0.25, -0.2) is 0 Å². The maximum Gasteiger partial charge on any atom is 0.460 e. The number of alkyl halides is 15. The van der Waals surface area contributed by atoms with E-state index in [0.717, 1.165) is 0 Å². The van der Waals surface area contributed by atoms with Gasteiger partial charge in [-0.3, -0.25) is 4.79 Å². The van der Waals surface area contributed by atoms with Gasteiger partial charge in [0.25, 0.3) is 0 Å². The number of carbonyl (C=O) groups excluding carboxylic acids is 1. The van der Waals surface area contributed by atoms with Crippen LogP contribution in [0.25, 0.3) is 0 Å². The molecule has 0 spiro atoms. The van der Waals surface area contributed by atoms with E-state index in [4.69, 9.17) is 0 Å². The van der Waals surface area contributed by atoms with E-state index in [1.807, 2.05) is 0 Å². The van der Waals surface area contributed by atoms with Crippen LogP contribution in [0.15, 0.2) is 12.2 Å². The van der Waals surface area contributed by atoms with Crippen molar-refractivity contribution < 1.29 is 70.7 Å². The molecule has 0 rings (SSSR count). The molecule has 28 heavy (non-hydrogen) atoms. The lowest BCUT2D eigenvalue weighted by Gasteiger charge is -2.41. The van der Waals surface area contributed by atoms with Crippen molar-refractivity contribution in [1.82, 2.24) is 0 Å². The summed E-state index contributed by atoms with van der Waals surface area (Å²) in [4.78, 5) is 10.8. The van der Waals surface area contributed by atoms with Crippen LogP contribution >= 0.6 is 0 Å². The van der Waals surface area contributed by atoms with Crippen molar-refractivity contribution in [2.24, 2.45) is 5.73 Å². The van der Waals surface area contributed by atoms with Gasteiger partial charge in [-0.05, 0) is 6.08 Å². The monoisotopic (exact) mass is 453 g/mol. The second kappa shape index (κ2) is 6.98. The molecule has 2 N–H and O–H groups in total. The van der Waals surface area contributed by atoms with Crippen LogP contribution in [0.1, 0.15) is 0 Å². The topological polar surface area (TPSA) is 43.1 Å². The summed E-state index contributed by atoms with van der Waals surface area (Å²) < 4.78 is 192. The molecule has 0 aliphatic rings. The minimum atomic E-state index is -8.41. The summed E-state index contributed by atoms with van der Waals surface area (Å²) in [5.74, 6) is -51.2. The van der Waals surface area contributed by atoms with Gasteiger partial charge in [-0.15, -0.1) is 0 Å². The number of halogens is 15. The Bertz CT molecular complexity index is 618. The summed E-state index contributed by atoms with van der Waals surface area (Å²) in [6.45, 7) is -0.865. The van der Waals surface area contributed by atoms with E-state index < -0.39 is 60.1 Å². The normalized spacial score (nSPS) is 16.0. The predicted octanol–water partition coefficient (Wildman–Crippen LogP) is 4.44. The van der Waals surface area contributed by atoms with Gasteiger partial charge in [0.1, 0.15) is 0 Å². The molecule has 0 aliphatic heterocycles. The molecule has 17 heteroatoms. The SMILES string of the molecule is NCC=CC(=O)C(F)(F)C(F)(F)C(F)(F)C(F)(F)C(F)(F)C(F)(F)C(F)(F)F. The molecule has 0 saturated carbocycles. The van der Waals surface area contributed by atoms with Crippen LogP contribution in [0.2, 0.25) is 0 Å². The van der Waals surface area contributed by atoms with Crippen molar-refractivity contribution in [3.63, 3.8) is 0 Å². The van der Waals surface area contributed by atoms with E-state index in [9.17, 15) is 70.7 Å². The Hall–Kier alpha value is -1.68. The van der Waals surface area contributed by atoms with Gasteiger partial charge in [-0.1, -0.05) is 6.08 Å². The second-order valence-electron chi connectivity index (χ2n) is 4.95. The van der Waals surface area contributed by atoms with Gasteiger partial charge >= 0.3 is 41.7 Å². The number of carbonyl (C=O) groups is 1. The highest BCUT2D eigenvalue weighted by Crippen LogP contribution is 2.62. The highest BCUT2D eigenvalue weighted by Gasteiger charge is 2.93. The molecule has 0 heterocycles. The van der Waals surface area contributed by atoms with Crippen molar-refractivity contribution in [1.29, 1.82) is 0 Å². The molecule has 0 aromatic heterocycles. The molecule has 0 amide bonds. The summed E-state index contributed by atoms with van der Waals surface area (Å²) in [5.41, 5.74) is 4.60. The average Bonchev–Trinajstić information content (AvgIpc) is 2.50. The molecule has 166 valence electrons. The van der Waals surface area contributed by atoms with Crippen LogP contribution in [0, 0.1) is 0 Å². The molecule has 0 saturated heterocycles. The van der Waals surface area contributed by atoms with Gasteiger partial charge in [0, 0.05) is 6.54 Å². The van der Waals surface area contributed by atoms with E-state index in [1.54, 1.807) is 0 Å². The fourth-order valence-electron chi connectivity index (χ4n) is 1.40. The zero-order chi connectivity index (χ0) is 23.2. The van der Waals surface area contributed by atoms with Crippen LogP contribution in [-0.4, -0.2) is 54.0 Å². The van der Waals surface area contributed by atoms with Crippen LogP contribution in [0.3, 0.4) is 0 Å². The maximum atomic E-state index is 13.2. The highest BCUT2D eigenvalue weighted by atomic mass is 19.4. The van der Waals surface area contributed by atoms with Gasteiger partial charge < -0.3 is 5.73 Å². The third-order valence-corrected chi connectivity index (χ3v) is 3.04. The molecule has 0 aromatic rings. The lowest BCUT2D eigenvalue weighted by atomic mass is 9.89.